The van der Waals surface area contributed by atoms with Crippen LogP contribution in [0.4, 0.5) is 8.78 Å². The molecule has 2 aromatic rings. The summed E-state index contributed by atoms with van der Waals surface area (Å²) in [4.78, 5) is 9.79. The number of aromatic nitrogens is 2. The van der Waals surface area contributed by atoms with Gasteiger partial charge in [-0.15, -0.1) is 0 Å². The van der Waals surface area contributed by atoms with Crippen LogP contribution in [0, 0.1) is 11.6 Å². The molecule has 0 spiro atoms. The van der Waals surface area contributed by atoms with Crippen molar-refractivity contribution in [1.29, 1.82) is 0 Å². The smallest absolute Gasteiger partial charge is 0.149 e. The standard InChI is InChI=1S/C15H14ClF2N3O/c16-14-4-12(17)11(6-19-14)15-13(18)3-9(5-20-15)7-21-2-1-10(22)8-21/h3-6,10,22H,1-2,7-8H2/t10-/m0/s1. The Kier molecular flexibility index (Phi) is 4.33. The summed E-state index contributed by atoms with van der Waals surface area (Å²) < 4.78 is 28.0. The van der Waals surface area contributed by atoms with Crippen LogP contribution in [0.15, 0.2) is 24.5 Å². The lowest BCUT2D eigenvalue weighted by atomic mass is 10.1. The molecule has 1 atom stereocenters. The highest BCUT2D eigenvalue weighted by Gasteiger charge is 2.21. The number of hydrogen-bond acceptors (Lipinski definition) is 4. The summed E-state index contributed by atoms with van der Waals surface area (Å²) in [5.74, 6) is -1.28. The Morgan fingerprint density at radius 1 is 1.23 bits per heavy atom. The molecular weight excluding hydrogens is 312 g/mol. The Morgan fingerprint density at radius 3 is 2.68 bits per heavy atom. The lowest BCUT2D eigenvalue weighted by molar-refractivity contribution is 0.174. The predicted molar refractivity (Wildman–Crippen MR) is 78.3 cm³/mol. The summed E-state index contributed by atoms with van der Waals surface area (Å²) in [7, 11) is 0. The van der Waals surface area contributed by atoms with E-state index in [0.717, 1.165) is 19.0 Å². The van der Waals surface area contributed by atoms with Gasteiger partial charge in [-0.3, -0.25) is 9.88 Å². The van der Waals surface area contributed by atoms with Crippen molar-refractivity contribution < 1.29 is 13.9 Å². The SMILES string of the molecule is O[C@H]1CCN(Cc2cnc(-c3cnc(Cl)cc3F)c(F)c2)C1. The Balaban J connectivity index is 1.83. The predicted octanol–water partition coefficient (Wildman–Crippen LogP) is 2.64. The highest BCUT2D eigenvalue weighted by molar-refractivity contribution is 6.29. The first-order valence-electron chi connectivity index (χ1n) is 6.89. The molecule has 0 saturated carbocycles. The minimum Gasteiger partial charge on any atom is -0.392 e. The number of aliphatic hydroxyl groups excluding tert-OH is 1. The Labute approximate surface area is 131 Å². The first-order valence-corrected chi connectivity index (χ1v) is 7.27. The quantitative estimate of drug-likeness (QED) is 0.881. The Bertz CT molecular complexity index is 698. The fourth-order valence-electron chi connectivity index (χ4n) is 2.56. The minimum atomic E-state index is -0.665. The molecule has 1 aliphatic rings. The van der Waals surface area contributed by atoms with Gasteiger partial charge in [0, 0.05) is 38.1 Å². The number of hydrogen-bond donors (Lipinski definition) is 1. The van der Waals surface area contributed by atoms with Crippen LogP contribution >= 0.6 is 11.6 Å². The van der Waals surface area contributed by atoms with Gasteiger partial charge in [-0.2, -0.15) is 0 Å². The summed E-state index contributed by atoms with van der Waals surface area (Å²) in [5.41, 5.74) is 0.564. The maximum absolute atomic E-state index is 14.2. The molecule has 0 radical (unpaired) electrons. The first-order chi connectivity index (χ1) is 10.5. The molecule has 1 saturated heterocycles. The summed E-state index contributed by atoms with van der Waals surface area (Å²) >= 11 is 5.59. The monoisotopic (exact) mass is 325 g/mol. The van der Waals surface area contributed by atoms with Crippen molar-refractivity contribution >= 4 is 11.6 Å². The van der Waals surface area contributed by atoms with Crippen molar-refractivity contribution in [3.8, 4) is 11.3 Å². The van der Waals surface area contributed by atoms with E-state index in [9.17, 15) is 13.9 Å². The molecule has 1 fully saturated rings. The zero-order chi connectivity index (χ0) is 15.7. The Hall–Kier alpha value is -1.63. The van der Waals surface area contributed by atoms with Crippen molar-refractivity contribution in [1.82, 2.24) is 14.9 Å². The molecule has 0 unspecified atom stereocenters. The van der Waals surface area contributed by atoms with Crippen molar-refractivity contribution in [2.75, 3.05) is 13.1 Å². The number of pyridine rings is 2. The zero-order valence-electron chi connectivity index (χ0n) is 11.6. The van der Waals surface area contributed by atoms with E-state index in [1.165, 1.54) is 18.5 Å². The molecule has 2 aromatic heterocycles. The second kappa shape index (κ2) is 6.24. The molecule has 3 rings (SSSR count). The first kappa shape index (κ1) is 15.3. The molecule has 22 heavy (non-hydrogen) atoms. The topological polar surface area (TPSA) is 49.2 Å². The average molecular weight is 326 g/mol. The molecule has 0 amide bonds. The van der Waals surface area contributed by atoms with Crippen molar-refractivity contribution in [2.24, 2.45) is 0 Å². The fraction of sp³-hybridized carbons (Fsp3) is 0.333. The van der Waals surface area contributed by atoms with Crippen molar-refractivity contribution in [2.45, 2.75) is 19.1 Å². The number of aliphatic hydroxyl groups is 1. The van der Waals surface area contributed by atoms with E-state index >= 15 is 0 Å². The lowest BCUT2D eigenvalue weighted by Gasteiger charge is -2.15. The Morgan fingerprint density at radius 2 is 2.05 bits per heavy atom. The van der Waals surface area contributed by atoms with E-state index in [1.54, 1.807) is 0 Å². The van der Waals surface area contributed by atoms with Crippen LogP contribution < -0.4 is 0 Å². The molecule has 0 bridgehead atoms. The zero-order valence-corrected chi connectivity index (χ0v) is 12.4. The molecule has 116 valence electrons. The molecule has 1 N–H and O–H groups in total. The molecule has 1 aliphatic heterocycles. The summed E-state index contributed by atoms with van der Waals surface area (Å²) in [6, 6.07) is 2.36. The largest absolute Gasteiger partial charge is 0.392 e. The second-order valence-electron chi connectivity index (χ2n) is 5.34. The van der Waals surface area contributed by atoms with E-state index in [2.05, 4.69) is 9.97 Å². The maximum Gasteiger partial charge on any atom is 0.149 e. The van der Waals surface area contributed by atoms with Gasteiger partial charge in [0.2, 0.25) is 0 Å². The maximum atomic E-state index is 14.2. The van der Waals surface area contributed by atoms with Crippen LogP contribution in [0.1, 0.15) is 12.0 Å². The van der Waals surface area contributed by atoms with Gasteiger partial charge in [-0.25, -0.2) is 13.8 Å². The van der Waals surface area contributed by atoms with Gasteiger partial charge in [-0.1, -0.05) is 11.6 Å². The van der Waals surface area contributed by atoms with Crippen molar-refractivity contribution in [3.05, 3.63) is 46.9 Å². The van der Waals surface area contributed by atoms with Gasteiger partial charge in [0.1, 0.15) is 22.5 Å². The van der Waals surface area contributed by atoms with Gasteiger partial charge in [0.25, 0.3) is 0 Å². The van der Waals surface area contributed by atoms with Gasteiger partial charge in [0.05, 0.1) is 11.7 Å². The van der Waals surface area contributed by atoms with Crippen LogP contribution in [0.25, 0.3) is 11.3 Å². The van der Waals surface area contributed by atoms with Crippen LogP contribution in [-0.2, 0) is 6.54 Å². The summed E-state index contributed by atoms with van der Waals surface area (Å²) in [6.07, 6.45) is 3.07. The third-order valence-electron chi connectivity index (χ3n) is 3.63. The number of β-amino-alcohol motifs (C(OH)–C–C–N with tert-alkyl or cyclic N) is 1. The van der Waals surface area contributed by atoms with E-state index in [4.69, 9.17) is 11.6 Å². The molecule has 4 nitrogen and oxygen atoms in total. The highest BCUT2D eigenvalue weighted by atomic mass is 35.5. The molecule has 0 aromatic carbocycles. The highest BCUT2D eigenvalue weighted by Crippen LogP contribution is 2.25. The molecule has 7 heteroatoms. The summed E-state index contributed by atoms with van der Waals surface area (Å²) in [5, 5.41) is 9.49. The van der Waals surface area contributed by atoms with Crippen LogP contribution in [0.2, 0.25) is 5.15 Å². The van der Waals surface area contributed by atoms with Gasteiger partial charge < -0.3 is 5.11 Å². The minimum absolute atomic E-state index is 0.00543. The van der Waals surface area contributed by atoms with E-state index in [-0.39, 0.29) is 22.5 Å². The third kappa shape index (κ3) is 3.24. The van der Waals surface area contributed by atoms with E-state index in [1.807, 2.05) is 4.90 Å². The lowest BCUT2D eigenvalue weighted by Crippen LogP contribution is -2.21. The van der Waals surface area contributed by atoms with Gasteiger partial charge >= 0.3 is 0 Å². The normalized spacial score (nSPS) is 18.8. The summed E-state index contributed by atoms with van der Waals surface area (Å²) in [6.45, 7) is 1.84. The fourth-order valence-corrected chi connectivity index (χ4v) is 2.70. The average Bonchev–Trinajstić information content (AvgIpc) is 2.85. The third-order valence-corrected chi connectivity index (χ3v) is 3.83. The van der Waals surface area contributed by atoms with E-state index in [0.29, 0.717) is 18.7 Å². The van der Waals surface area contributed by atoms with Crippen molar-refractivity contribution in [3.63, 3.8) is 0 Å². The van der Waals surface area contributed by atoms with E-state index < -0.39 is 11.6 Å². The molecule has 0 aliphatic carbocycles. The molecular formula is C15H14ClF2N3O. The number of halogens is 3. The number of rotatable bonds is 3. The second-order valence-corrected chi connectivity index (χ2v) is 5.73. The van der Waals surface area contributed by atoms with Crippen LogP contribution in [0.3, 0.4) is 0 Å². The molecule has 3 heterocycles. The van der Waals surface area contributed by atoms with Crippen LogP contribution in [-0.4, -0.2) is 39.2 Å². The van der Waals surface area contributed by atoms with Gasteiger partial charge in [0.15, 0.2) is 0 Å². The van der Waals surface area contributed by atoms with Gasteiger partial charge in [-0.05, 0) is 18.1 Å². The number of nitrogens with zero attached hydrogens (tertiary/aromatic N) is 3. The number of likely N-dealkylation sites (tertiary alicyclic amines) is 1. The van der Waals surface area contributed by atoms with Crippen LogP contribution in [0.5, 0.6) is 0 Å².